The molecule has 8 heteroatoms. The number of carbonyl (C=O) groups is 3. The number of rotatable bonds is 3. The quantitative estimate of drug-likeness (QED) is 0.828. The third-order valence-corrected chi connectivity index (χ3v) is 6.27. The first kappa shape index (κ1) is 18.1. The summed E-state index contributed by atoms with van der Waals surface area (Å²) in [6.45, 7) is 0.993. The highest BCUT2D eigenvalue weighted by atomic mass is 35.5. The summed E-state index contributed by atoms with van der Waals surface area (Å²) < 4.78 is 0. The summed E-state index contributed by atoms with van der Waals surface area (Å²) in [5.41, 5.74) is 0.843. The highest BCUT2D eigenvalue weighted by Gasteiger charge is 2.47. The van der Waals surface area contributed by atoms with Crippen LogP contribution in [0.4, 0.5) is 10.5 Å². The van der Waals surface area contributed by atoms with Crippen LogP contribution >= 0.6 is 11.6 Å². The zero-order valence-corrected chi connectivity index (χ0v) is 15.6. The Morgan fingerprint density at radius 3 is 2.70 bits per heavy atom. The minimum Gasteiger partial charge on any atom is -0.480 e. The molecular weight excluding hydrogens is 370 g/mol. The second-order valence-corrected chi connectivity index (χ2v) is 7.87. The van der Waals surface area contributed by atoms with E-state index in [-0.39, 0.29) is 23.9 Å². The molecule has 3 fully saturated rings. The fourth-order valence-corrected chi connectivity index (χ4v) is 4.90. The van der Waals surface area contributed by atoms with E-state index in [4.69, 9.17) is 11.6 Å². The normalized spacial score (nSPS) is 27.4. The van der Waals surface area contributed by atoms with Gasteiger partial charge in [-0.1, -0.05) is 24.4 Å². The van der Waals surface area contributed by atoms with Crippen LogP contribution in [0.2, 0.25) is 5.02 Å². The standard InChI is InChI=1S/C19H22ClN3O4/c20-13-6-5-12(10-15(13)22-8-7-21-19(22)27)17(24)23-14-4-2-1-3-11(14)9-16(23)18(25)26/h5-6,10-11,14,16H,1-4,7-9H2,(H,21,27)(H,25,26)/t11-,14-,16-/m0/s1. The van der Waals surface area contributed by atoms with E-state index in [9.17, 15) is 19.5 Å². The smallest absolute Gasteiger partial charge is 0.326 e. The molecule has 0 spiro atoms. The van der Waals surface area contributed by atoms with Crippen LogP contribution in [-0.4, -0.2) is 53.1 Å². The van der Waals surface area contributed by atoms with Gasteiger partial charge >= 0.3 is 12.0 Å². The van der Waals surface area contributed by atoms with E-state index < -0.39 is 12.0 Å². The lowest BCUT2D eigenvalue weighted by molar-refractivity contribution is -0.141. The molecule has 144 valence electrons. The van der Waals surface area contributed by atoms with Crippen molar-refractivity contribution in [3.8, 4) is 0 Å². The lowest BCUT2D eigenvalue weighted by atomic mass is 9.84. The van der Waals surface area contributed by atoms with E-state index in [1.807, 2.05) is 0 Å². The summed E-state index contributed by atoms with van der Waals surface area (Å²) >= 11 is 6.26. The number of aliphatic carboxylic acids is 1. The second-order valence-electron chi connectivity index (χ2n) is 7.46. The van der Waals surface area contributed by atoms with Crippen LogP contribution in [0, 0.1) is 5.92 Å². The van der Waals surface area contributed by atoms with Gasteiger partial charge in [0, 0.05) is 24.7 Å². The molecule has 1 aliphatic carbocycles. The molecule has 3 atom stereocenters. The summed E-state index contributed by atoms with van der Waals surface area (Å²) in [6.07, 6.45) is 4.43. The zero-order valence-electron chi connectivity index (χ0n) is 14.9. The molecule has 3 amide bonds. The van der Waals surface area contributed by atoms with Gasteiger partial charge in [-0.15, -0.1) is 0 Å². The molecule has 0 radical (unpaired) electrons. The van der Waals surface area contributed by atoms with Gasteiger partial charge in [0.15, 0.2) is 0 Å². The first-order valence-electron chi connectivity index (χ1n) is 9.37. The first-order valence-corrected chi connectivity index (χ1v) is 9.75. The van der Waals surface area contributed by atoms with Gasteiger partial charge in [-0.2, -0.15) is 0 Å². The number of urea groups is 1. The Labute approximate surface area is 162 Å². The van der Waals surface area contributed by atoms with Gasteiger partial charge in [0.05, 0.1) is 10.7 Å². The molecule has 3 aliphatic rings. The van der Waals surface area contributed by atoms with Gasteiger partial charge in [0.25, 0.3) is 5.91 Å². The van der Waals surface area contributed by atoms with Gasteiger partial charge in [-0.25, -0.2) is 9.59 Å². The van der Waals surface area contributed by atoms with Gasteiger partial charge in [-0.3, -0.25) is 9.69 Å². The number of benzene rings is 1. The number of carboxylic acids is 1. The highest BCUT2D eigenvalue weighted by Crippen LogP contribution is 2.41. The molecule has 2 aliphatic heterocycles. The van der Waals surface area contributed by atoms with Gasteiger partial charge in [-0.05, 0) is 43.4 Å². The molecule has 0 aromatic heterocycles. The Morgan fingerprint density at radius 1 is 1.22 bits per heavy atom. The molecule has 0 bridgehead atoms. The molecule has 27 heavy (non-hydrogen) atoms. The zero-order chi connectivity index (χ0) is 19.1. The molecule has 1 saturated carbocycles. The molecule has 2 saturated heterocycles. The van der Waals surface area contributed by atoms with Crippen molar-refractivity contribution in [3.63, 3.8) is 0 Å². The maximum Gasteiger partial charge on any atom is 0.326 e. The van der Waals surface area contributed by atoms with Crippen molar-refractivity contribution in [2.75, 3.05) is 18.0 Å². The highest BCUT2D eigenvalue weighted by molar-refractivity contribution is 6.34. The Bertz CT molecular complexity index is 799. The number of hydrogen-bond acceptors (Lipinski definition) is 3. The largest absolute Gasteiger partial charge is 0.480 e. The predicted octanol–water partition coefficient (Wildman–Crippen LogP) is 2.73. The minimum absolute atomic E-state index is 0.0263. The number of fused-ring (bicyclic) bond motifs is 1. The van der Waals surface area contributed by atoms with E-state index in [0.717, 1.165) is 25.7 Å². The number of hydrogen-bond donors (Lipinski definition) is 2. The van der Waals surface area contributed by atoms with Crippen LogP contribution in [0.25, 0.3) is 0 Å². The van der Waals surface area contributed by atoms with Gasteiger partial charge in [0.2, 0.25) is 0 Å². The fourth-order valence-electron chi connectivity index (χ4n) is 4.68. The number of nitrogens with zero attached hydrogens (tertiary/aromatic N) is 2. The van der Waals surface area contributed by atoms with Crippen LogP contribution < -0.4 is 10.2 Å². The Hall–Kier alpha value is -2.28. The van der Waals surface area contributed by atoms with E-state index >= 15 is 0 Å². The van der Waals surface area contributed by atoms with Crippen molar-refractivity contribution >= 4 is 35.2 Å². The average molecular weight is 392 g/mol. The Kier molecular flexibility index (Phi) is 4.72. The minimum atomic E-state index is -0.953. The third-order valence-electron chi connectivity index (χ3n) is 5.95. The van der Waals surface area contributed by atoms with E-state index in [0.29, 0.717) is 35.8 Å². The third kappa shape index (κ3) is 3.14. The number of anilines is 1. The van der Waals surface area contributed by atoms with Crippen molar-refractivity contribution in [2.24, 2.45) is 5.92 Å². The summed E-state index contributed by atoms with van der Waals surface area (Å²) in [5.74, 6) is -1.000. The number of carboxylic acid groups (broad SMARTS) is 1. The summed E-state index contributed by atoms with van der Waals surface area (Å²) in [5, 5.41) is 12.8. The number of nitrogens with one attached hydrogen (secondary N) is 1. The van der Waals surface area contributed by atoms with Crippen molar-refractivity contribution in [1.82, 2.24) is 10.2 Å². The average Bonchev–Trinajstić information content (AvgIpc) is 3.25. The van der Waals surface area contributed by atoms with Crippen LogP contribution in [0.15, 0.2) is 18.2 Å². The van der Waals surface area contributed by atoms with Gasteiger partial charge < -0.3 is 15.3 Å². The first-order chi connectivity index (χ1) is 13.0. The molecular formula is C19H22ClN3O4. The maximum atomic E-state index is 13.3. The molecule has 1 aromatic rings. The SMILES string of the molecule is O=C(O)[C@@H]1C[C@@H]2CCCC[C@@H]2N1C(=O)c1ccc(Cl)c(N2CCNC2=O)c1. The lowest BCUT2D eigenvalue weighted by Gasteiger charge is -2.33. The number of amides is 3. The number of halogens is 1. The van der Waals surface area contributed by atoms with Crippen LogP contribution in [0.5, 0.6) is 0 Å². The lowest BCUT2D eigenvalue weighted by Crippen LogP contribution is -2.46. The summed E-state index contributed by atoms with van der Waals surface area (Å²) in [7, 11) is 0. The van der Waals surface area contributed by atoms with E-state index in [1.165, 1.54) is 4.90 Å². The monoisotopic (exact) mass is 391 g/mol. The number of carbonyl (C=O) groups excluding carboxylic acids is 2. The molecule has 4 rings (SSSR count). The van der Waals surface area contributed by atoms with Crippen molar-refractivity contribution in [2.45, 2.75) is 44.2 Å². The molecule has 0 unspecified atom stereocenters. The molecule has 7 nitrogen and oxygen atoms in total. The predicted molar refractivity (Wildman–Crippen MR) is 100 cm³/mol. The number of likely N-dealkylation sites (tertiary alicyclic amines) is 1. The fraction of sp³-hybridized carbons (Fsp3) is 0.526. The van der Waals surface area contributed by atoms with Gasteiger partial charge in [0.1, 0.15) is 6.04 Å². The topological polar surface area (TPSA) is 89.9 Å². The van der Waals surface area contributed by atoms with Crippen LogP contribution in [-0.2, 0) is 4.79 Å². The Balaban J connectivity index is 1.67. The second kappa shape index (κ2) is 7.03. The summed E-state index contributed by atoms with van der Waals surface area (Å²) in [4.78, 5) is 40.1. The molecule has 2 heterocycles. The van der Waals surface area contributed by atoms with E-state index in [1.54, 1.807) is 23.1 Å². The summed E-state index contributed by atoms with van der Waals surface area (Å²) in [6, 6.07) is 3.74. The van der Waals surface area contributed by atoms with Crippen LogP contribution in [0.3, 0.4) is 0 Å². The van der Waals surface area contributed by atoms with Crippen molar-refractivity contribution < 1.29 is 19.5 Å². The molecule has 2 N–H and O–H groups in total. The van der Waals surface area contributed by atoms with E-state index in [2.05, 4.69) is 5.32 Å². The van der Waals surface area contributed by atoms with Crippen molar-refractivity contribution in [3.05, 3.63) is 28.8 Å². The van der Waals surface area contributed by atoms with Crippen LogP contribution in [0.1, 0.15) is 42.5 Å². The molecule has 1 aromatic carbocycles. The Morgan fingerprint density at radius 2 is 2.00 bits per heavy atom. The van der Waals surface area contributed by atoms with Crippen molar-refractivity contribution in [1.29, 1.82) is 0 Å². The maximum absolute atomic E-state index is 13.3.